The summed E-state index contributed by atoms with van der Waals surface area (Å²) < 4.78 is 2.12. The first-order chi connectivity index (χ1) is 12.2. The summed E-state index contributed by atoms with van der Waals surface area (Å²) in [5.41, 5.74) is 3.82. The fraction of sp³-hybridized carbons (Fsp3) is 0.238. The standard InChI is InChI=1S/C21H23N3O/c1-3-4-20(24-14-13-22-15-24)17-7-9-18(10-8-17)21(25)23-19-11-5-16(2)6-12-19/h5-15,20H,3-4H2,1-2H3,(H,23,25). The average molecular weight is 333 g/mol. The minimum absolute atomic E-state index is 0.0925. The number of aromatic nitrogens is 2. The molecule has 128 valence electrons. The van der Waals surface area contributed by atoms with Crippen LogP contribution in [0.4, 0.5) is 5.69 Å². The number of aryl methyl sites for hydroxylation is 1. The van der Waals surface area contributed by atoms with Gasteiger partial charge in [-0.3, -0.25) is 4.79 Å². The highest BCUT2D eigenvalue weighted by Gasteiger charge is 2.13. The van der Waals surface area contributed by atoms with Crippen molar-refractivity contribution in [2.75, 3.05) is 5.32 Å². The van der Waals surface area contributed by atoms with E-state index in [0.29, 0.717) is 5.56 Å². The number of imidazole rings is 1. The SMILES string of the molecule is CCCC(c1ccc(C(=O)Nc2ccc(C)cc2)cc1)n1ccnc1. The van der Waals surface area contributed by atoms with E-state index in [0.717, 1.165) is 18.5 Å². The number of nitrogens with one attached hydrogen (secondary N) is 1. The summed E-state index contributed by atoms with van der Waals surface area (Å²) in [6, 6.07) is 15.9. The predicted molar refractivity (Wildman–Crippen MR) is 101 cm³/mol. The van der Waals surface area contributed by atoms with Crippen LogP contribution in [0, 0.1) is 6.92 Å². The molecule has 4 nitrogen and oxygen atoms in total. The number of anilines is 1. The van der Waals surface area contributed by atoms with Crippen LogP contribution in [0.25, 0.3) is 0 Å². The van der Waals surface area contributed by atoms with E-state index >= 15 is 0 Å². The summed E-state index contributed by atoms with van der Waals surface area (Å²) >= 11 is 0. The number of hydrogen-bond donors (Lipinski definition) is 1. The topological polar surface area (TPSA) is 46.9 Å². The molecule has 1 aromatic heterocycles. The summed E-state index contributed by atoms with van der Waals surface area (Å²) in [5.74, 6) is -0.0925. The Labute approximate surface area is 148 Å². The molecule has 25 heavy (non-hydrogen) atoms. The molecular weight excluding hydrogens is 310 g/mol. The number of benzene rings is 2. The minimum atomic E-state index is -0.0925. The molecule has 0 bridgehead atoms. The van der Waals surface area contributed by atoms with E-state index in [2.05, 4.69) is 21.8 Å². The Morgan fingerprint density at radius 3 is 2.44 bits per heavy atom. The van der Waals surface area contributed by atoms with E-state index in [4.69, 9.17) is 0 Å². The van der Waals surface area contributed by atoms with Gasteiger partial charge in [0.05, 0.1) is 12.4 Å². The maximum Gasteiger partial charge on any atom is 0.255 e. The van der Waals surface area contributed by atoms with E-state index in [1.807, 2.05) is 68.0 Å². The van der Waals surface area contributed by atoms with Gasteiger partial charge in [-0.05, 0) is 43.2 Å². The first kappa shape index (κ1) is 17.0. The molecule has 1 N–H and O–H groups in total. The molecule has 4 heteroatoms. The number of carbonyl (C=O) groups is 1. The molecule has 0 fully saturated rings. The second kappa shape index (κ2) is 7.79. The largest absolute Gasteiger partial charge is 0.330 e. The lowest BCUT2D eigenvalue weighted by atomic mass is 10.0. The Kier molecular flexibility index (Phi) is 5.29. The van der Waals surface area contributed by atoms with Crippen LogP contribution in [0.15, 0.2) is 67.3 Å². The van der Waals surface area contributed by atoms with Gasteiger partial charge in [-0.1, -0.05) is 43.2 Å². The van der Waals surface area contributed by atoms with Crippen molar-refractivity contribution >= 4 is 11.6 Å². The van der Waals surface area contributed by atoms with Crippen molar-refractivity contribution in [2.45, 2.75) is 32.7 Å². The molecule has 3 rings (SSSR count). The fourth-order valence-electron chi connectivity index (χ4n) is 2.91. The molecule has 0 radical (unpaired) electrons. The molecule has 0 spiro atoms. The lowest BCUT2D eigenvalue weighted by molar-refractivity contribution is 0.102. The Morgan fingerprint density at radius 1 is 1.12 bits per heavy atom. The van der Waals surface area contributed by atoms with Gasteiger partial charge in [0.1, 0.15) is 0 Å². The fourth-order valence-corrected chi connectivity index (χ4v) is 2.91. The van der Waals surface area contributed by atoms with Gasteiger partial charge < -0.3 is 9.88 Å². The van der Waals surface area contributed by atoms with Crippen LogP contribution in [0.2, 0.25) is 0 Å². The maximum absolute atomic E-state index is 12.4. The summed E-state index contributed by atoms with van der Waals surface area (Å²) in [6.45, 7) is 4.20. The first-order valence-electron chi connectivity index (χ1n) is 8.63. The maximum atomic E-state index is 12.4. The smallest absolute Gasteiger partial charge is 0.255 e. The lowest BCUT2D eigenvalue weighted by Gasteiger charge is -2.18. The second-order valence-electron chi connectivity index (χ2n) is 6.26. The third-order valence-corrected chi connectivity index (χ3v) is 4.31. The normalized spacial score (nSPS) is 11.9. The van der Waals surface area contributed by atoms with Gasteiger partial charge in [0.15, 0.2) is 0 Å². The Hall–Kier alpha value is -2.88. The molecule has 0 aliphatic rings. The van der Waals surface area contributed by atoms with Gasteiger partial charge in [-0.25, -0.2) is 4.98 Å². The molecule has 1 amide bonds. The van der Waals surface area contributed by atoms with Crippen LogP contribution in [0.1, 0.15) is 47.3 Å². The zero-order valence-electron chi connectivity index (χ0n) is 14.6. The monoisotopic (exact) mass is 333 g/mol. The molecule has 1 unspecified atom stereocenters. The number of rotatable bonds is 6. The van der Waals surface area contributed by atoms with Crippen LogP contribution in [-0.2, 0) is 0 Å². The predicted octanol–water partition coefficient (Wildman–Crippen LogP) is 4.83. The van der Waals surface area contributed by atoms with Gasteiger partial charge in [0, 0.05) is 23.6 Å². The van der Waals surface area contributed by atoms with Crippen LogP contribution >= 0.6 is 0 Å². The molecule has 0 saturated carbocycles. The average Bonchev–Trinajstić information content (AvgIpc) is 3.16. The minimum Gasteiger partial charge on any atom is -0.330 e. The summed E-state index contributed by atoms with van der Waals surface area (Å²) in [5, 5.41) is 2.93. The van der Waals surface area contributed by atoms with Crippen LogP contribution < -0.4 is 5.32 Å². The molecule has 0 aliphatic carbocycles. The summed E-state index contributed by atoms with van der Waals surface area (Å²) in [4.78, 5) is 16.6. The highest BCUT2D eigenvalue weighted by Crippen LogP contribution is 2.24. The van der Waals surface area contributed by atoms with Gasteiger partial charge in [-0.2, -0.15) is 0 Å². The third kappa shape index (κ3) is 4.15. The second-order valence-corrected chi connectivity index (χ2v) is 6.26. The van der Waals surface area contributed by atoms with E-state index in [-0.39, 0.29) is 11.9 Å². The summed E-state index contributed by atoms with van der Waals surface area (Å²) in [6.07, 6.45) is 7.74. The lowest BCUT2D eigenvalue weighted by Crippen LogP contribution is -2.13. The molecule has 0 saturated heterocycles. The quantitative estimate of drug-likeness (QED) is 0.702. The van der Waals surface area contributed by atoms with Crippen molar-refractivity contribution in [3.8, 4) is 0 Å². The third-order valence-electron chi connectivity index (χ3n) is 4.31. The van der Waals surface area contributed by atoms with Crippen molar-refractivity contribution < 1.29 is 4.79 Å². The molecule has 1 heterocycles. The van der Waals surface area contributed by atoms with Crippen molar-refractivity contribution in [3.63, 3.8) is 0 Å². The van der Waals surface area contributed by atoms with Crippen molar-refractivity contribution in [3.05, 3.63) is 83.9 Å². The van der Waals surface area contributed by atoms with Gasteiger partial charge >= 0.3 is 0 Å². The molecule has 2 aromatic carbocycles. The van der Waals surface area contributed by atoms with Gasteiger partial charge in [-0.15, -0.1) is 0 Å². The Balaban J connectivity index is 1.74. The zero-order valence-corrected chi connectivity index (χ0v) is 14.6. The van der Waals surface area contributed by atoms with Crippen LogP contribution in [-0.4, -0.2) is 15.5 Å². The highest BCUT2D eigenvalue weighted by atomic mass is 16.1. The van der Waals surface area contributed by atoms with Gasteiger partial charge in [0.2, 0.25) is 0 Å². The van der Waals surface area contributed by atoms with Crippen molar-refractivity contribution in [1.29, 1.82) is 0 Å². The molecule has 1 atom stereocenters. The van der Waals surface area contributed by atoms with E-state index in [1.165, 1.54) is 11.1 Å². The van der Waals surface area contributed by atoms with Crippen molar-refractivity contribution in [2.24, 2.45) is 0 Å². The molecule has 0 aliphatic heterocycles. The molecule has 3 aromatic rings. The number of carbonyl (C=O) groups excluding carboxylic acids is 1. The summed E-state index contributed by atoms with van der Waals surface area (Å²) in [7, 11) is 0. The van der Waals surface area contributed by atoms with E-state index in [9.17, 15) is 4.79 Å². The zero-order chi connectivity index (χ0) is 17.6. The van der Waals surface area contributed by atoms with E-state index < -0.39 is 0 Å². The Bertz CT molecular complexity index is 805. The highest BCUT2D eigenvalue weighted by molar-refractivity contribution is 6.04. The molecular formula is C21H23N3O. The number of amides is 1. The van der Waals surface area contributed by atoms with Crippen LogP contribution in [0.3, 0.4) is 0 Å². The van der Waals surface area contributed by atoms with E-state index in [1.54, 1.807) is 6.20 Å². The first-order valence-corrected chi connectivity index (χ1v) is 8.63. The number of nitrogens with zero attached hydrogens (tertiary/aromatic N) is 2. The van der Waals surface area contributed by atoms with Gasteiger partial charge in [0.25, 0.3) is 5.91 Å². The number of hydrogen-bond acceptors (Lipinski definition) is 2. The Morgan fingerprint density at radius 2 is 1.84 bits per heavy atom. The van der Waals surface area contributed by atoms with Crippen molar-refractivity contribution in [1.82, 2.24) is 9.55 Å². The van der Waals surface area contributed by atoms with Crippen LogP contribution in [0.5, 0.6) is 0 Å².